The van der Waals surface area contributed by atoms with Crippen LogP contribution in [-0.2, 0) is 27.2 Å². The summed E-state index contributed by atoms with van der Waals surface area (Å²) < 4.78 is 23.3. The molecule has 0 spiro atoms. The van der Waals surface area contributed by atoms with Gasteiger partial charge in [0.25, 0.3) is 0 Å². The van der Waals surface area contributed by atoms with Crippen molar-refractivity contribution in [3.8, 4) is 5.75 Å². The third-order valence-corrected chi connectivity index (χ3v) is 6.39. The van der Waals surface area contributed by atoms with Crippen LogP contribution in [0.3, 0.4) is 0 Å². The van der Waals surface area contributed by atoms with Gasteiger partial charge in [0.15, 0.2) is 9.84 Å². The molecule has 2 atom stereocenters. The SMILES string of the molecule is CC(C)(C)c1cc(CNC2CS(=O)(=O)C[C@H]2O)cc(C(C)(C)C)c1O. The van der Waals surface area contributed by atoms with E-state index in [1.807, 2.05) is 12.1 Å². The zero-order valence-corrected chi connectivity index (χ0v) is 16.9. The summed E-state index contributed by atoms with van der Waals surface area (Å²) in [5, 5.41) is 23.8. The second-order valence-corrected chi connectivity index (χ2v) is 11.3. The van der Waals surface area contributed by atoms with Gasteiger partial charge in [0.2, 0.25) is 0 Å². The van der Waals surface area contributed by atoms with Gasteiger partial charge in [-0.05, 0) is 27.5 Å². The van der Waals surface area contributed by atoms with E-state index >= 15 is 0 Å². The minimum atomic E-state index is -3.17. The molecule has 1 saturated heterocycles. The van der Waals surface area contributed by atoms with E-state index in [1.54, 1.807) is 0 Å². The van der Waals surface area contributed by atoms with E-state index in [2.05, 4.69) is 46.9 Å². The number of phenols is 1. The zero-order chi connectivity index (χ0) is 19.2. The number of hydrogen-bond donors (Lipinski definition) is 3. The predicted molar refractivity (Wildman–Crippen MR) is 101 cm³/mol. The second kappa shape index (κ2) is 6.56. The highest BCUT2D eigenvalue weighted by Gasteiger charge is 2.36. The van der Waals surface area contributed by atoms with Gasteiger partial charge in [-0.3, -0.25) is 0 Å². The van der Waals surface area contributed by atoms with Crippen LogP contribution in [0.15, 0.2) is 12.1 Å². The number of nitrogens with one attached hydrogen (secondary N) is 1. The molecule has 1 fully saturated rings. The first-order valence-electron chi connectivity index (χ1n) is 8.69. The number of benzene rings is 1. The monoisotopic (exact) mass is 369 g/mol. The van der Waals surface area contributed by atoms with Gasteiger partial charge in [0, 0.05) is 12.6 Å². The Hall–Kier alpha value is -1.11. The lowest BCUT2D eigenvalue weighted by atomic mass is 9.78. The largest absolute Gasteiger partial charge is 0.507 e. The zero-order valence-electron chi connectivity index (χ0n) is 16.0. The molecule has 0 radical (unpaired) electrons. The topological polar surface area (TPSA) is 86.6 Å². The van der Waals surface area contributed by atoms with Gasteiger partial charge < -0.3 is 15.5 Å². The van der Waals surface area contributed by atoms with Crippen molar-refractivity contribution in [2.24, 2.45) is 0 Å². The van der Waals surface area contributed by atoms with Crippen molar-refractivity contribution in [3.63, 3.8) is 0 Å². The molecule has 2 rings (SSSR count). The number of rotatable bonds is 3. The molecule has 3 N–H and O–H groups in total. The maximum absolute atomic E-state index is 11.6. The third kappa shape index (κ3) is 4.74. The first kappa shape index (κ1) is 20.2. The van der Waals surface area contributed by atoms with Crippen molar-refractivity contribution >= 4 is 9.84 Å². The molecular formula is C19H31NO4S. The van der Waals surface area contributed by atoms with Crippen molar-refractivity contribution in [1.29, 1.82) is 0 Å². The molecule has 1 heterocycles. The van der Waals surface area contributed by atoms with Crippen molar-refractivity contribution in [1.82, 2.24) is 5.32 Å². The summed E-state index contributed by atoms with van der Waals surface area (Å²) in [6.07, 6.45) is -0.869. The summed E-state index contributed by atoms with van der Waals surface area (Å²) in [6, 6.07) is 3.48. The van der Waals surface area contributed by atoms with Gasteiger partial charge in [0.1, 0.15) is 5.75 Å². The number of aliphatic hydroxyl groups excluding tert-OH is 1. The lowest BCUT2D eigenvalue weighted by Crippen LogP contribution is -2.38. The summed E-state index contributed by atoms with van der Waals surface area (Å²) in [5.41, 5.74) is 2.30. The van der Waals surface area contributed by atoms with Crippen LogP contribution >= 0.6 is 0 Å². The predicted octanol–water partition coefficient (Wildman–Crippen LogP) is 2.23. The van der Waals surface area contributed by atoms with Crippen LogP contribution in [0.25, 0.3) is 0 Å². The first-order chi connectivity index (χ1) is 11.2. The summed E-state index contributed by atoms with van der Waals surface area (Å²) in [6.45, 7) is 12.8. The second-order valence-electron chi connectivity index (χ2n) is 9.17. The van der Waals surface area contributed by atoms with E-state index in [4.69, 9.17) is 0 Å². The molecule has 0 amide bonds. The molecule has 1 aliphatic heterocycles. The lowest BCUT2D eigenvalue weighted by molar-refractivity contribution is 0.165. The van der Waals surface area contributed by atoms with Crippen molar-refractivity contribution in [3.05, 3.63) is 28.8 Å². The fraction of sp³-hybridized carbons (Fsp3) is 0.684. The highest BCUT2D eigenvalue weighted by Crippen LogP contribution is 2.39. The summed E-state index contributed by atoms with van der Waals surface area (Å²) in [5.74, 6) is 0.109. The Morgan fingerprint density at radius 1 is 1.04 bits per heavy atom. The van der Waals surface area contributed by atoms with Crippen LogP contribution in [0.1, 0.15) is 58.2 Å². The van der Waals surface area contributed by atoms with Gasteiger partial charge in [-0.25, -0.2) is 8.42 Å². The molecule has 1 aliphatic rings. The third-order valence-electron chi connectivity index (χ3n) is 4.68. The molecule has 0 saturated carbocycles. The highest BCUT2D eigenvalue weighted by atomic mass is 32.2. The van der Waals surface area contributed by atoms with E-state index in [9.17, 15) is 18.6 Å². The highest BCUT2D eigenvalue weighted by molar-refractivity contribution is 7.91. The van der Waals surface area contributed by atoms with E-state index in [0.29, 0.717) is 12.3 Å². The van der Waals surface area contributed by atoms with E-state index in [1.165, 1.54) is 0 Å². The Morgan fingerprint density at radius 3 is 1.88 bits per heavy atom. The molecule has 0 bridgehead atoms. The van der Waals surface area contributed by atoms with Crippen molar-refractivity contribution in [2.45, 2.75) is 71.1 Å². The fourth-order valence-corrected chi connectivity index (χ4v) is 4.99. The Kier molecular flexibility index (Phi) is 5.30. The molecule has 25 heavy (non-hydrogen) atoms. The van der Waals surface area contributed by atoms with Crippen LogP contribution in [0.4, 0.5) is 0 Å². The molecular weight excluding hydrogens is 338 g/mol. The van der Waals surface area contributed by atoms with Crippen LogP contribution in [-0.4, -0.2) is 42.3 Å². The Bertz CT molecular complexity index is 707. The standard InChI is InChI=1S/C19H31NO4S/c1-18(2,3)13-7-12(8-14(17(13)22)19(4,5)6)9-20-15-10-25(23,24)11-16(15)21/h7-8,15-16,20-22H,9-11H2,1-6H3/t15?,16-/m1/s1. The minimum Gasteiger partial charge on any atom is -0.507 e. The van der Waals surface area contributed by atoms with Crippen LogP contribution in [0, 0.1) is 0 Å². The lowest BCUT2D eigenvalue weighted by Gasteiger charge is -2.28. The molecule has 1 aromatic carbocycles. The van der Waals surface area contributed by atoms with Crippen molar-refractivity contribution in [2.75, 3.05) is 11.5 Å². The molecule has 1 unspecified atom stereocenters. The Morgan fingerprint density at radius 2 is 1.52 bits per heavy atom. The van der Waals surface area contributed by atoms with E-state index in [-0.39, 0.29) is 22.3 Å². The smallest absolute Gasteiger partial charge is 0.154 e. The summed E-state index contributed by atoms with van der Waals surface area (Å²) in [4.78, 5) is 0. The summed E-state index contributed by atoms with van der Waals surface area (Å²) >= 11 is 0. The van der Waals surface area contributed by atoms with Gasteiger partial charge in [-0.2, -0.15) is 0 Å². The number of hydrogen-bond acceptors (Lipinski definition) is 5. The molecule has 5 nitrogen and oxygen atoms in total. The normalized spacial score (nSPS) is 23.8. The van der Waals surface area contributed by atoms with Gasteiger partial charge in [-0.15, -0.1) is 0 Å². The molecule has 0 aliphatic carbocycles. The van der Waals surface area contributed by atoms with Gasteiger partial charge >= 0.3 is 0 Å². The quantitative estimate of drug-likeness (QED) is 0.761. The first-order valence-corrected chi connectivity index (χ1v) is 10.5. The number of aliphatic hydroxyl groups is 1. The Labute approximate surface area is 151 Å². The van der Waals surface area contributed by atoms with E-state index < -0.39 is 22.0 Å². The molecule has 1 aromatic rings. The Balaban J connectivity index is 2.32. The number of sulfone groups is 1. The molecule has 6 heteroatoms. The maximum Gasteiger partial charge on any atom is 0.154 e. The van der Waals surface area contributed by atoms with E-state index in [0.717, 1.165) is 16.7 Å². The van der Waals surface area contributed by atoms with Crippen LogP contribution < -0.4 is 5.32 Å². The average molecular weight is 370 g/mol. The van der Waals surface area contributed by atoms with Crippen molar-refractivity contribution < 1.29 is 18.6 Å². The van der Waals surface area contributed by atoms with Gasteiger partial charge in [-0.1, -0.05) is 53.7 Å². The molecule has 142 valence electrons. The maximum atomic E-state index is 11.6. The van der Waals surface area contributed by atoms with Crippen LogP contribution in [0.2, 0.25) is 0 Å². The fourth-order valence-electron chi connectivity index (χ4n) is 3.21. The molecule has 0 aromatic heterocycles. The number of aromatic hydroxyl groups is 1. The van der Waals surface area contributed by atoms with Crippen LogP contribution in [0.5, 0.6) is 5.75 Å². The average Bonchev–Trinajstić information content (AvgIpc) is 2.67. The van der Waals surface area contributed by atoms with Gasteiger partial charge in [0.05, 0.1) is 17.6 Å². The number of phenolic OH excluding ortho intramolecular Hbond substituents is 1. The summed E-state index contributed by atoms with van der Waals surface area (Å²) in [7, 11) is -3.17. The minimum absolute atomic E-state index is 0.0372.